The zero-order valence-corrected chi connectivity index (χ0v) is 14.5. The van der Waals surface area contributed by atoms with Crippen LogP contribution >= 0.6 is 0 Å². The van der Waals surface area contributed by atoms with Gasteiger partial charge in [0.15, 0.2) is 0 Å². The Morgan fingerprint density at radius 3 is 2.67 bits per heavy atom. The molecule has 2 aromatic rings. The molecule has 0 saturated carbocycles. The second-order valence-electron chi connectivity index (χ2n) is 6.77. The van der Waals surface area contributed by atoms with Crippen LogP contribution in [0.5, 0.6) is 0 Å². The van der Waals surface area contributed by atoms with Gasteiger partial charge in [-0.2, -0.15) is 4.31 Å². The molecule has 1 atom stereocenters. The summed E-state index contributed by atoms with van der Waals surface area (Å²) >= 11 is 0. The molecule has 1 unspecified atom stereocenters. The van der Waals surface area contributed by atoms with E-state index in [1.807, 2.05) is 12.1 Å². The fourth-order valence-corrected chi connectivity index (χ4v) is 5.74. The first kappa shape index (κ1) is 16.0. The fourth-order valence-electron chi connectivity index (χ4n) is 4.07. The van der Waals surface area contributed by atoms with Gasteiger partial charge in [0, 0.05) is 30.7 Å². The van der Waals surface area contributed by atoms with Gasteiger partial charge in [-0.1, -0.05) is 6.07 Å². The molecule has 1 aromatic carbocycles. The lowest BCUT2D eigenvalue weighted by Gasteiger charge is -2.34. The van der Waals surface area contributed by atoms with Crippen LogP contribution in [0.25, 0.3) is 10.9 Å². The molecule has 2 saturated heterocycles. The van der Waals surface area contributed by atoms with E-state index in [0.717, 1.165) is 24.9 Å². The number of pyridine rings is 1. The highest BCUT2D eigenvalue weighted by Crippen LogP contribution is 2.30. The molecular formula is C18H23N3O2S. The maximum Gasteiger partial charge on any atom is 0.243 e. The molecule has 5 nitrogen and oxygen atoms in total. The lowest BCUT2D eigenvalue weighted by atomic mass is 9.89. The molecule has 0 aliphatic carbocycles. The van der Waals surface area contributed by atoms with Gasteiger partial charge in [-0.05, 0) is 62.4 Å². The molecule has 0 radical (unpaired) electrons. The van der Waals surface area contributed by atoms with Crippen molar-refractivity contribution in [3.63, 3.8) is 0 Å². The lowest BCUT2D eigenvalue weighted by molar-refractivity contribution is 0.234. The maximum absolute atomic E-state index is 13.1. The zero-order chi connectivity index (χ0) is 16.6. The Labute approximate surface area is 143 Å². The van der Waals surface area contributed by atoms with Gasteiger partial charge < -0.3 is 5.32 Å². The minimum absolute atomic E-state index is 0.380. The minimum Gasteiger partial charge on any atom is -0.314 e. The predicted octanol–water partition coefficient (Wildman–Crippen LogP) is 2.39. The number of hydrogen-bond donors (Lipinski definition) is 1. The smallest absolute Gasteiger partial charge is 0.243 e. The van der Waals surface area contributed by atoms with Crippen LogP contribution < -0.4 is 5.32 Å². The molecule has 2 fully saturated rings. The Kier molecular flexibility index (Phi) is 4.28. The molecular weight excluding hydrogens is 322 g/mol. The van der Waals surface area contributed by atoms with E-state index in [2.05, 4.69) is 10.3 Å². The number of aromatic nitrogens is 1. The van der Waals surface area contributed by atoms with Gasteiger partial charge in [0.2, 0.25) is 10.0 Å². The third-order valence-corrected chi connectivity index (χ3v) is 7.35. The second kappa shape index (κ2) is 6.43. The fraction of sp³-hybridized carbons (Fsp3) is 0.500. The van der Waals surface area contributed by atoms with E-state index in [4.69, 9.17) is 0 Å². The molecule has 2 aliphatic rings. The van der Waals surface area contributed by atoms with E-state index in [1.54, 1.807) is 28.7 Å². The molecule has 1 aromatic heterocycles. The quantitative estimate of drug-likeness (QED) is 0.928. The molecule has 2 aliphatic heterocycles. The average molecular weight is 345 g/mol. The summed E-state index contributed by atoms with van der Waals surface area (Å²) in [5, 5.41) is 4.27. The van der Waals surface area contributed by atoms with Crippen molar-refractivity contribution in [2.75, 3.05) is 19.6 Å². The van der Waals surface area contributed by atoms with E-state index in [0.29, 0.717) is 35.3 Å². The molecule has 1 N–H and O–H groups in total. The summed E-state index contributed by atoms with van der Waals surface area (Å²) in [4.78, 5) is 4.65. The van der Waals surface area contributed by atoms with E-state index in [1.165, 1.54) is 12.8 Å². The first-order valence-electron chi connectivity index (χ1n) is 8.73. The van der Waals surface area contributed by atoms with Crippen LogP contribution in [-0.4, -0.2) is 43.4 Å². The van der Waals surface area contributed by atoms with Gasteiger partial charge in [0.25, 0.3) is 0 Å². The third-order valence-electron chi connectivity index (χ3n) is 5.39. The van der Waals surface area contributed by atoms with Crippen LogP contribution in [0.3, 0.4) is 0 Å². The Bertz CT molecular complexity index is 818. The van der Waals surface area contributed by atoms with Crippen LogP contribution in [0.1, 0.15) is 25.7 Å². The second-order valence-corrected chi connectivity index (χ2v) is 8.68. The van der Waals surface area contributed by atoms with Crippen molar-refractivity contribution in [3.05, 3.63) is 36.5 Å². The number of benzene rings is 1. The number of sulfonamides is 1. The average Bonchev–Trinajstić information content (AvgIpc) is 3.16. The highest BCUT2D eigenvalue weighted by molar-refractivity contribution is 7.89. The number of piperidine rings is 1. The third kappa shape index (κ3) is 2.83. The van der Waals surface area contributed by atoms with Crippen molar-refractivity contribution < 1.29 is 8.42 Å². The molecule has 24 heavy (non-hydrogen) atoms. The van der Waals surface area contributed by atoms with E-state index >= 15 is 0 Å². The number of nitrogens with one attached hydrogen (secondary N) is 1. The van der Waals surface area contributed by atoms with E-state index in [9.17, 15) is 8.42 Å². The monoisotopic (exact) mass is 345 g/mol. The molecule has 128 valence electrons. The minimum atomic E-state index is -3.46. The van der Waals surface area contributed by atoms with Gasteiger partial charge in [-0.3, -0.25) is 4.98 Å². The largest absolute Gasteiger partial charge is 0.314 e. The number of rotatable bonds is 3. The van der Waals surface area contributed by atoms with Crippen molar-refractivity contribution in [2.24, 2.45) is 5.92 Å². The standard InChI is InChI=1S/C18H23N3O2S/c22-24(23,18-7-1-5-17-15(18)4-2-10-20-17)21-12-8-14(9-13-21)16-6-3-11-19-16/h1-2,4-5,7,10,14,16,19H,3,6,8-9,11-13H2. The molecule has 0 spiro atoms. The van der Waals surface area contributed by atoms with Crippen LogP contribution in [0.2, 0.25) is 0 Å². The first-order valence-corrected chi connectivity index (χ1v) is 10.2. The number of fused-ring (bicyclic) bond motifs is 1. The van der Waals surface area contributed by atoms with Gasteiger partial charge in [-0.15, -0.1) is 0 Å². The Morgan fingerprint density at radius 2 is 1.92 bits per heavy atom. The molecule has 0 bridgehead atoms. The summed E-state index contributed by atoms with van der Waals surface area (Å²) in [6.45, 7) is 2.33. The predicted molar refractivity (Wildman–Crippen MR) is 94.3 cm³/mol. The summed E-state index contributed by atoms with van der Waals surface area (Å²) in [7, 11) is -3.46. The van der Waals surface area contributed by atoms with Crippen molar-refractivity contribution >= 4 is 20.9 Å². The highest BCUT2D eigenvalue weighted by Gasteiger charge is 2.34. The van der Waals surface area contributed by atoms with Crippen molar-refractivity contribution in [1.29, 1.82) is 0 Å². The summed E-state index contributed by atoms with van der Waals surface area (Å²) in [6, 6.07) is 9.54. The number of hydrogen-bond acceptors (Lipinski definition) is 4. The molecule has 6 heteroatoms. The van der Waals surface area contributed by atoms with Crippen molar-refractivity contribution in [2.45, 2.75) is 36.6 Å². The van der Waals surface area contributed by atoms with E-state index in [-0.39, 0.29) is 0 Å². The van der Waals surface area contributed by atoms with Crippen molar-refractivity contribution in [3.8, 4) is 0 Å². The van der Waals surface area contributed by atoms with Gasteiger partial charge >= 0.3 is 0 Å². The zero-order valence-electron chi connectivity index (χ0n) is 13.7. The summed E-state index contributed by atoms with van der Waals surface area (Å²) < 4.78 is 27.9. The Hall–Kier alpha value is -1.50. The maximum atomic E-state index is 13.1. The topological polar surface area (TPSA) is 62.3 Å². The number of nitrogens with zero attached hydrogens (tertiary/aromatic N) is 2. The first-order chi connectivity index (χ1) is 11.7. The molecule has 4 rings (SSSR count). The van der Waals surface area contributed by atoms with Crippen LogP contribution in [0.15, 0.2) is 41.4 Å². The summed E-state index contributed by atoms with van der Waals surface area (Å²) in [5.74, 6) is 0.605. The van der Waals surface area contributed by atoms with Crippen molar-refractivity contribution in [1.82, 2.24) is 14.6 Å². The van der Waals surface area contributed by atoms with Gasteiger partial charge in [0.05, 0.1) is 10.4 Å². The van der Waals surface area contributed by atoms with E-state index < -0.39 is 10.0 Å². The summed E-state index contributed by atoms with van der Waals surface area (Å²) in [6.07, 6.45) is 6.05. The van der Waals surface area contributed by atoms with Crippen LogP contribution in [0.4, 0.5) is 0 Å². The normalized spacial score (nSPS) is 23.8. The molecule has 3 heterocycles. The van der Waals surface area contributed by atoms with Gasteiger partial charge in [-0.25, -0.2) is 8.42 Å². The Balaban J connectivity index is 1.57. The summed E-state index contributed by atoms with van der Waals surface area (Å²) in [5.41, 5.74) is 0.726. The highest BCUT2D eigenvalue weighted by atomic mass is 32.2. The lowest BCUT2D eigenvalue weighted by Crippen LogP contribution is -2.43. The van der Waals surface area contributed by atoms with Crippen LogP contribution in [-0.2, 0) is 10.0 Å². The molecule has 0 amide bonds. The SMILES string of the molecule is O=S(=O)(c1cccc2ncccc12)N1CCC(C2CCCN2)CC1. The van der Waals surface area contributed by atoms with Gasteiger partial charge in [0.1, 0.15) is 0 Å². The Morgan fingerprint density at radius 1 is 1.08 bits per heavy atom. The van der Waals surface area contributed by atoms with Crippen LogP contribution in [0, 0.1) is 5.92 Å².